The van der Waals surface area contributed by atoms with Crippen LogP contribution >= 0.6 is 0 Å². The molecule has 0 fully saturated rings. The fraction of sp³-hybridized carbons (Fsp3) is 0.148. The number of hydrogen-bond donors (Lipinski definition) is 0. The van der Waals surface area contributed by atoms with Crippen LogP contribution in [0.1, 0.15) is 38.4 Å². The Kier molecular flexibility index (Phi) is 5.86. The summed E-state index contributed by atoms with van der Waals surface area (Å²) in [5, 5.41) is 4.10. The molecule has 35 heavy (non-hydrogen) atoms. The van der Waals surface area contributed by atoms with Crippen molar-refractivity contribution in [1.29, 1.82) is 0 Å². The Labute approximate surface area is 200 Å². The Hall–Kier alpha value is -4.33. The van der Waals surface area contributed by atoms with Crippen molar-refractivity contribution in [2.75, 3.05) is 13.7 Å². The number of hydrogen-bond acceptors (Lipinski definition) is 4. The van der Waals surface area contributed by atoms with E-state index >= 15 is 0 Å². The molecule has 5 rings (SSSR count). The SMILES string of the molecule is COc1ccc(-n2nc(C(F)F)cc2-c2ccc(CCN3C(=O)c4ccccc4C3=O)cc2)cc1. The molecule has 1 aromatic heterocycles. The zero-order valence-corrected chi connectivity index (χ0v) is 18.8. The van der Waals surface area contributed by atoms with Crippen molar-refractivity contribution in [2.45, 2.75) is 12.8 Å². The monoisotopic (exact) mass is 473 g/mol. The number of fused-ring (bicyclic) bond motifs is 1. The Balaban J connectivity index is 1.36. The number of amides is 2. The number of carbonyl (C=O) groups is 2. The molecule has 3 aromatic carbocycles. The van der Waals surface area contributed by atoms with Crippen molar-refractivity contribution < 1.29 is 23.1 Å². The quantitative estimate of drug-likeness (QED) is 0.341. The average molecular weight is 473 g/mol. The highest BCUT2D eigenvalue weighted by molar-refractivity contribution is 6.21. The summed E-state index contributed by atoms with van der Waals surface area (Å²) in [6.07, 6.45) is -2.22. The summed E-state index contributed by atoms with van der Waals surface area (Å²) in [5.41, 5.74) is 3.31. The van der Waals surface area contributed by atoms with Crippen molar-refractivity contribution in [2.24, 2.45) is 0 Å². The molecule has 1 aliphatic rings. The molecule has 1 aliphatic heterocycles. The highest BCUT2D eigenvalue weighted by atomic mass is 19.3. The van der Waals surface area contributed by atoms with Gasteiger partial charge < -0.3 is 4.74 Å². The number of alkyl halides is 2. The van der Waals surface area contributed by atoms with Gasteiger partial charge in [-0.05, 0) is 54.4 Å². The zero-order chi connectivity index (χ0) is 24.5. The minimum atomic E-state index is -2.70. The number of methoxy groups -OCH3 is 1. The Morgan fingerprint density at radius 3 is 2.09 bits per heavy atom. The van der Waals surface area contributed by atoms with E-state index in [9.17, 15) is 18.4 Å². The molecule has 0 radical (unpaired) electrons. The second-order valence-corrected chi connectivity index (χ2v) is 8.12. The van der Waals surface area contributed by atoms with Gasteiger partial charge in [0.25, 0.3) is 18.2 Å². The van der Waals surface area contributed by atoms with Gasteiger partial charge >= 0.3 is 0 Å². The third-order valence-corrected chi connectivity index (χ3v) is 6.02. The number of aromatic nitrogens is 2. The second-order valence-electron chi connectivity index (χ2n) is 8.12. The normalized spacial score (nSPS) is 13.0. The Morgan fingerprint density at radius 1 is 0.886 bits per heavy atom. The van der Waals surface area contributed by atoms with E-state index in [-0.39, 0.29) is 24.1 Å². The summed E-state index contributed by atoms with van der Waals surface area (Å²) < 4.78 is 33.5. The summed E-state index contributed by atoms with van der Waals surface area (Å²) in [7, 11) is 1.55. The molecular weight excluding hydrogens is 452 g/mol. The minimum absolute atomic E-state index is 0.255. The number of halogens is 2. The van der Waals surface area contributed by atoms with E-state index in [2.05, 4.69) is 5.10 Å². The topological polar surface area (TPSA) is 64.4 Å². The predicted molar refractivity (Wildman–Crippen MR) is 126 cm³/mol. The van der Waals surface area contributed by atoms with Gasteiger partial charge in [0, 0.05) is 12.1 Å². The molecule has 176 valence electrons. The fourth-order valence-electron chi connectivity index (χ4n) is 4.16. The third-order valence-electron chi connectivity index (χ3n) is 6.02. The third kappa shape index (κ3) is 4.19. The lowest BCUT2D eigenvalue weighted by molar-refractivity contribution is 0.0656. The Morgan fingerprint density at radius 2 is 1.51 bits per heavy atom. The highest BCUT2D eigenvalue weighted by Crippen LogP contribution is 2.29. The molecule has 0 saturated heterocycles. The lowest BCUT2D eigenvalue weighted by atomic mass is 10.1. The van der Waals surface area contributed by atoms with E-state index in [1.165, 1.54) is 15.6 Å². The molecule has 2 heterocycles. The van der Waals surface area contributed by atoms with Crippen LogP contribution in [-0.2, 0) is 6.42 Å². The molecule has 0 aliphatic carbocycles. The van der Waals surface area contributed by atoms with Crippen molar-refractivity contribution >= 4 is 11.8 Å². The lowest BCUT2D eigenvalue weighted by Gasteiger charge is -2.14. The van der Waals surface area contributed by atoms with Gasteiger partial charge in [-0.3, -0.25) is 14.5 Å². The van der Waals surface area contributed by atoms with Crippen molar-refractivity contribution in [1.82, 2.24) is 14.7 Å². The molecule has 0 bridgehead atoms. The van der Waals surface area contributed by atoms with Crippen molar-refractivity contribution in [3.05, 3.63) is 101 Å². The standard InChI is InChI=1S/C27H21F2N3O3/c1-35-20-12-10-19(11-13-20)32-24(16-23(30-32)25(28)29)18-8-6-17(7-9-18)14-15-31-26(33)21-4-2-3-5-22(21)27(31)34/h2-13,16,25H,14-15H2,1H3. The maximum atomic E-state index is 13.4. The summed E-state index contributed by atoms with van der Waals surface area (Å²) in [4.78, 5) is 26.4. The van der Waals surface area contributed by atoms with E-state index in [1.54, 1.807) is 55.6 Å². The van der Waals surface area contributed by atoms with Crippen LogP contribution in [0.3, 0.4) is 0 Å². The van der Waals surface area contributed by atoms with Gasteiger partial charge in [0.2, 0.25) is 0 Å². The molecule has 0 atom stereocenters. The van der Waals surface area contributed by atoms with Crippen LogP contribution in [0.2, 0.25) is 0 Å². The van der Waals surface area contributed by atoms with Crippen LogP contribution in [0.25, 0.3) is 16.9 Å². The van der Waals surface area contributed by atoms with Gasteiger partial charge in [-0.15, -0.1) is 0 Å². The first-order chi connectivity index (χ1) is 17.0. The van der Waals surface area contributed by atoms with E-state index < -0.39 is 6.43 Å². The van der Waals surface area contributed by atoms with Crippen LogP contribution < -0.4 is 4.74 Å². The lowest BCUT2D eigenvalue weighted by Crippen LogP contribution is -2.31. The minimum Gasteiger partial charge on any atom is -0.497 e. The van der Waals surface area contributed by atoms with Gasteiger partial charge in [-0.25, -0.2) is 13.5 Å². The second kappa shape index (κ2) is 9.13. The molecule has 0 unspecified atom stereocenters. The molecule has 4 aromatic rings. The number of rotatable bonds is 7. The first kappa shape index (κ1) is 22.5. The predicted octanol–water partition coefficient (Wildman–Crippen LogP) is 5.32. The van der Waals surface area contributed by atoms with Crippen LogP contribution in [0.15, 0.2) is 78.9 Å². The van der Waals surface area contributed by atoms with Gasteiger partial charge in [-0.2, -0.15) is 5.10 Å². The van der Waals surface area contributed by atoms with Gasteiger partial charge in [0.15, 0.2) is 0 Å². The number of ether oxygens (including phenoxy) is 1. The number of benzene rings is 3. The van der Waals surface area contributed by atoms with Crippen LogP contribution in [0.4, 0.5) is 8.78 Å². The van der Waals surface area contributed by atoms with Gasteiger partial charge in [-0.1, -0.05) is 36.4 Å². The fourth-order valence-corrected chi connectivity index (χ4v) is 4.16. The van der Waals surface area contributed by atoms with Crippen LogP contribution in [0.5, 0.6) is 5.75 Å². The molecular formula is C27H21F2N3O3. The van der Waals surface area contributed by atoms with Gasteiger partial charge in [0.1, 0.15) is 11.4 Å². The molecule has 2 amide bonds. The van der Waals surface area contributed by atoms with Crippen LogP contribution in [-0.4, -0.2) is 40.1 Å². The van der Waals surface area contributed by atoms with Crippen molar-refractivity contribution in [3.63, 3.8) is 0 Å². The van der Waals surface area contributed by atoms with Gasteiger partial charge in [0.05, 0.1) is 29.6 Å². The molecule has 0 spiro atoms. The molecule has 6 nitrogen and oxygen atoms in total. The van der Waals surface area contributed by atoms with E-state index in [1.807, 2.05) is 24.3 Å². The zero-order valence-electron chi connectivity index (χ0n) is 18.8. The maximum Gasteiger partial charge on any atom is 0.282 e. The number of imide groups is 1. The number of nitrogens with zero attached hydrogens (tertiary/aromatic N) is 3. The van der Waals surface area contributed by atoms with E-state index in [4.69, 9.17) is 4.74 Å². The van der Waals surface area contributed by atoms with Crippen LogP contribution in [0, 0.1) is 0 Å². The summed E-state index contributed by atoms with van der Waals surface area (Å²) in [6, 6.07) is 22.5. The summed E-state index contributed by atoms with van der Waals surface area (Å²) in [6.45, 7) is 0.255. The van der Waals surface area contributed by atoms with E-state index in [0.717, 1.165) is 5.56 Å². The van der Waals surface area contributed by atoms with Crippen molar-refractivity contribution in [3.8, 4) is 22.7 Å². The average Bonchev–Trinajstić information content (AvgIpc) is 3.44. The molecule has 0 N–H and O–H groups in total. The largest absolute Gasteiger partial charge is 0.497 e. The smallest absolute Gasteiger partial charge is 0.282 e. The first-order valence-electron chi connectivity index (χ1n) is 11.0. The van der Waals surface area contributed by atoms with E-state index in [0.29, 0.717) is 40.2 Å². The molecule has 0 saturated carbocycles. The maximum absolute atomic E-state index is 13.4. The first-order valence-corrected chi connectivity index (χ1v) is 11.0. The molecule has 8 heteroatoms. The Bertz CT molecular complexity index is 1360. The number of carbonyl (C=O) groups excluding carboxylic acids is 2. The summed E-state index contributed by atoms with van der Waals surface area (Å²) >= 11 is 0. The highest BCUT2D eigenvalue weighted by Gasteiger charge is 2.34. The summed E-state index contributed by atoms with van der Waals surface area (Å²) in [5.74, 6) is 0.0780.